The third kappa shape index (κ3) is 5.59. The van der Waals surface area contributed by atoms with Gasteiger partial charge >= 0.3 is 0 Å². The molecule has 3 aromatic carbocycles. The molecule has 5 aromatic rings. The summed E-state index contributed by atoms with van der Waals surface area (Å²) in [5, 5.41) is 1.36. The predicted octanol–water partition coefficient (Wildman–Crippen LogP) is 9.61. The Morgan fingerprint density at radius 3 is 1.37 bits per heavy atom. The van der Waals surface area contributed by atoms with Gasteiger partial charge in [-0.2, -0.15) is 0 Å². The number of carbonyl (C=O) groups is 1. The fraction of sp³-hybridized carbons (Fsp3) is 0.256. The lowest BCUT2D eigenvalue weighted by molar-refractivity contribution is -0.119. The average molecular weight is 583 g/mol. The van der Waals surface area contributed by atoms with Crippen molar-refractivity contribution in [3.8, 4) is 22.3 Å². The van der Waals surface area contributed by atoms with Crippen molar-refractivity contribution in [3.05, 3.63) is 136 Å². The van der Waals surface area contributed by atoms with E-state index in [1.165, 1.54) is 60.9 Å². The minimum atomic E-state index is -0.972. The van der Waals surface area contributed by atoms with Crippen LogP contribution in [0.2, 0.25) is 0 Å². The quantitative estimate of drug-likeness (QED) is 0.194. The molecule has 0 radical (unpaired) electrons. The summed E-state index contributed by atoms with van der Waals surface area (Å²) in [6.07, 6.45) is 4.73. The Morgan fingerprint density at radius 2 is 1.00 bits per heavy atom. The van der Waals surface area contributed by atoms with E-state index in [2.05, 4.69) is 108 Å². The van der Waals surface area contributed by atoms with E-state index < -0.39 is 7.92 Å². The number of nitrogens with zero attached hydrogens (tertiary/aromatic N) is 2. The highest BCUT2D eigenvalue weighted by molar-refractivity contribution is 7.67. The molecule has 4 heteroatoms. The van der Waals surface area contributed by atoms with Crippen molar-refractivity contribution in [2.45, 2.75) is 65.7 Å². The zero-order valence-corrected chi connectivity index (χ0v) is 26.9. The first-order valence-corrected chi connectivity index (χ1v) is 16.6. The lowest BCUT2D eigenvalue weighted by atomic mass is 9.89. The Hall–Kier alpha value is -3.94. The number of hydrogen-bond donors (Lipinski definition) is 0. The SMILES string of the molecule is Cc1cc(C)c(-c2cccc(-c3c(C)cc(C)cc3C)c2P2C(c3ccccn3)CC(=O)CC2c2ccccn2)c(C)c1. The maximum atomic E-state index is 13.6. The van der Waals surface area contributed by atoms with Crippen LogP contribution < -0.4 is 5.30 Å². The molecule has 0 spiro atoms. The molecule has 0 saturated carbocycles. The first-order chi connectivity index (χ1) is 20.7. The Morgan fingerprint density at radius 1 is 0.581 bits per heavy atom. The minimum absolute atomic E-state index is 0.0125. The highest BCUT2D eigenvalue weighted by Gasteiger charge is 2.43. The van der Waals surface area contributed by atoms with E-state index in [1.807, 2.05) is 24.5 Å². The second-order valence-corrected chi connectivity index (χ2v) is 14.7. The first kappa shape index (κ1) is 29.1. The number of Topliss-reactive ketones (excluding diaryl/α,β-unsaturated/α-hetero) is 1. The molecule has 3 nitrogen and oxygen atoms in total. The topological polar surface area (TPSA) is 42.9 Å². The van der Waals surface area contributed by atoms with Crippen molar-refractivity contribution in [2.24, 2.45) is 0 Å². The van der Waals surface area contributed by atoms with Gasteiger partial charge in [-0.1, -0.05) is 73.6 Å². The smallest absolute Gasteiger partial charge is 0.134 e. The van der Waals surface area contributed by atoms with Crippen molar-refractivity contribution in [3.63, 3.8) is 0 Å². The normalized spacial score (nSPS) is 18.6. The van der Waals surface area contributed by atoms with Gasteiger partial charge < -0.3 is 0 Å². The number of aryl methyl sites for hydroxylation is 6. The zero-order valence-electron chi connectivity index (χ0n) is 26.0. The van der Waals surface area contributed by atoms with Crippen LogP contribution in [0.15, 0.2) is 91.3 Å². The molecule has 2 atom stereocenters. The molecule has 6 rings (SSSR count). The molecule has 43 heavy (non-hydrogen) atoms. The lowest BCUT2D eigenvalue weighted by Crippen LogP contribution is -2.27. The number of rotatable bonds is 5. The van der Waals surface area contributed by atoms with Crippen LogP contribution in [0.1, 0.15) is 68.9 Å². The summed E-state index contributed by atoms with van der Waals surface area (Å²) >= 11 is 0. The molecule has 0 bridgehead atoms. The van der Waals surface area contributed by atoms with E-state index >= 15 is 0 Å². The minimum Gasteiger partial charge on any atom is -0.300 e. The molecule has 3 heterocycles. The summed E-state index contributed by atoms with van der Waals surface area (Å²) in [5.74, 6) is 0.287. The van der Waals surface area contributed by atoms with Crippen molar-refractivity contribution in [1.82, 2.24) is 9.97 Å². The van der Waals surface area contributed by atoms with Crippen molar-refractivity contribution < 1.29 is 4.79 Å². The molecule has 1 aliphatic rings. The highest BCUT2D eigenvalue weighted by Crippen LogP contribution is 2.67. The van der Waals surface area contributed by atoms with Gasteiger partial charge in [0.15, 0.2) is 0 Å². The Kier molecular flexibility index (Phi) is 8.12. The fourth-order valence-corrected chi connectivity index (χ4v) is 11.0. The number of pyridine rings is 2. The lowest BCUT2D eigenvalue weighted by Gasteiger charge is -2.40. The number of carbonyl (C=O) groups excluding carboxylic acids is 1. The van der Waals surface area contributed by atoms with Crippen LogP contribution in [0.3, 0.4) is 0 Å². The van der Waals surface area contributed by atoms with Crippen LogP contribution in [0, 0.1) is 41.5 Å². The predicted molar refractivity (Wildman–Crippen MR) is 180 cm³/mol. The van der Waals surface area contributed by atoms with Gasteiger partial charge in [0, 0.05) is 47.9 Å². The highest BCUT2D eigenvalue weighted by atomic mass is 31.1. The van der Waals surface area contributed by atoms with E-state index in [4.69, 9.17) is 9.97 Å². The summed E-state index contributed by atoms with van der Waals surface area (Å²) in [5.41, 5.74) is 14.8. The molecule has 1 aliphatic heterocycles. The van der Waals surface area contributed by atoms with E-state index in [-0.39, 0.29) is 17.1 Å². The standard InChI is InChI=1S/C39H39N2OP/c1-24-18-26(3)37(27(4)19-24)31-12-11-13-32(38-28(5)20-25(2)21-29(38)6)39(31)43-35(33-14-7-9-16-40-33)22-30(42)23-36(43)34-15-8-10-17-41-34/h7-21,35-36H,22-23H2,1-6H3. The maximum Gasteiger partial charge on any atom is 0.134 e. The van der Waals surface area contributed by atoms with Gasteiger partial charge in [0.25, 0.3) is 0 Å². The summed E-state index contributed by atoms with van der Waals surface area (Å²) < 4.78 is 0. The second-order valence-electron chi connectivity index (χ2n) is 12.1. The van der Waals surface area contributed by atoms with E-state index in [0.29, 0.717) is 12.8 Å². The van der Waals surface area contributed by atoms with Gasteiger partial charge in [-0.15, -0.1) is 0 Å². The molecular formula is C39H39N2OP. The molecule has 1 saturated heterocycles. The molecule has 0 amide bonds. The maximum absolute atomic E-state index is 13.6. The van der Waals surface area contributed by atoms with E-state index in [9.17, 15) is 4.79 Å². The van der Waals surface area contributed by atoms with Crippen LogP contribution in [-0.2, 0) is 4.79 Å². The molecule has 2 aromatic heterocycles. The number of ketones is 1. The Balaban J connectivity index is 1.74. The number of hydrogen-bond acceptors (Lipinski definition) is 3. The van der Waals surface area contributed by atoms with Gasteiger partial charge in [0.1, 0.15) is 5.78 Å². The van der Waals surface area contributed by atoms with Gasteiger partial charge in [-0.05, 0) is 116 Å². The molecule has 0 N–H and O–H groups in total. The Labute approximate surface area is 257 Å². The molecular weight excluding hydrogens is 543 g/mol. The van der Waals surface area contributed by atoms with Crippen LogP contribution >= 0.6 is 7.92 Å². The third-order valence-electron chi connectivity index (χ3n) is 8.76. The fourth-order valence-electron chi connectivity index (χ4n) is 7.32. The van der Waals surface area contributed by atoms with Crippen molar-refractivity contribution in [1.29, 1.82) is 0 Å². The average Bonchev–Trinajstić information content (AvgIpc) is 2.97. The summed E-state index contributed by atoms with van der Waals surface area (Å²) in [6.45, 7) is 13.3. The van der Waals surface area contributed by atoms with Crippen molar-refractivity contribution in [2.75, 3.05) is 0 Å². The zero-order chi connectivity index (χ0) is 30.2. The van der Waals surface area contributed by atoms with Crippen molar-refractivity contribution >= 4 is 19.0 Å². The summed E-state index contributed by atoms with van der Waals surface area (Å²) in [7, 11) is -0.972. The largest absolute Gasteiger partial charge is 0.300 e. The van der Waals surface area contributed by atoms with Crippen LogP contribution in [0.4, 0.5) is 0 Å². The van der Waals surface area contributed by atoms with E-state index in [1.54, 1.807) is 0 Å². The van der Waals surface area contributed by atoms with Gasteiger partial charge in [0.2, 0.25) is 0 Å². The molecule has 2 unspecified atom stereocenters. The third-order valence-corrected chi connectivity index (χ3v) is 12.0. The van der Waals surface area contributed by atoms with Gasteiger partial charge in [-0.25, -0.2) is 0 Å². The van der Waals surface area contributed by atoms with E-state index in [0.717, 1.165) is 11.4 Å². The number of benzene rings is 3. The Bertz CT molecular complexity index is 1640. The monoisotopic (exact) mass is 582 g/mol. The van der Waals surface area contributed by atoms with Crippen LogP contribution in [0.5, 0.6) is 0 Å². The molecule has 0 aliphatic carbocycles. The van der Waals surface area contributed by atoms with Crippen LogP contribution in [-0.4, -0.2) is 15.8 Å². The molecule has 216 valence electrons. The summed E-state index contributed by atoms with van der Waals surface area (Å²) in [6, 6.07) is 28.3. The number of aromatic nitrogens is 2. The molecule has 1 fully saturated rings. The van der Waals surface area contributed by atoms with Crippen LogP contribution in [0.25, 0.3) is 22.3 Å². The van der Waals surface area contributed by atoms with Gasteiger partial charge in [0.05, 0.1) is 0 Å². The second kappa shape index (κ2) is 12.0. The first-order valence-electron chi connectivity index (χ1n) is 15.1. The van der Waals surface area contributed by atoms with Gasteiger partial charge in [-0.3, -0.25) is 14.8 Å². The summed E-state index contributed by atoms with van der Waals surface area (Å²) in [4.78, 5) is 23.3.